The molecule has 4 N–H and O–H groups in total. The average Bonchev–Trinajstić information content (AvgIpc) is 3.78. The van der Waals surface area contributed by atoms with Crippen LogP contribution in [0.15, 0.2) is 84.9 Å². The number of benzene rings is 3. The molecule has 0 bridgehead atoms. The first-order chi connectivity index (χ1) is 30.5. The normalized spacial score (nSPS) is 24.2. The molecule has 344 valence electrons. The van der Waals surface area contributed by atoms with Gasteiger partial charge in [0.1, 0.15) is 42.0 Å². The van der Waals surface area contributed by atoms with E-state index in [1.165, 1.54) is 52.9 Å². The van der Waals surface area contributed by atoms with Crippen LogP contribution in [0.3, 0.4) is 0 Å². The lowest BCUT2D eigenvalue weighted by molar-refractivity contribution is -0.150. The summed E-state index contributed by atoms with van der Waals surface area (Å²) in [5, 5.41) is 18.7. The van der Waals surface area contributed by atoms with Crippen LogP contribution < -0.4 is 16.0 Å². The van der Waals surface area contributed by atoms with E-state index in [1.807, 2.05) is 88.4 Å². The fraction of sp³-hybridized carbons (Fsp3) is 0.490. The Hall–Kier alpha value is -6.25. The minimum Gasteiger partial charge on any atom is -0.508 e. The summed E-state index contributed by atoms with van der Waals surface area (Å²) in [6, 6.07) is 18.0. The zero-order valence-corrected chi connectivity index (χ0v) is 38.2. The van der Waals surface area contributed by atoms with Crippen molar-refractivity contribution >= 4 is 41.4 Å². The first-order valence-corrected chi connectivity index (χ1v) is 22.3. The first-order valence-electron chi connectivity index (χ1n) is 22.3. The molecule has 3 aromatic rings. The van der Waals surface area contributed by atoms with Crippen molar-refractivity contribution in [1.82, 2.24) is 35.6 Å². The summed E-state index contributed by atoms with van der Waals surface area (Å²) >= 11 is 0. The maximum absolute atomic E-state index is 14.8. The van der Waals surface area contributed by atoms with E-state index >= 15 is 0 Å². The van der Waals surface area contributed by atoms with Gasteiger partial charge in [-0.3, -0.25) is 33.6 Å². The van der Waals surface area contributed by atoms with Gasteiger partial charge >= 0.3 is 0 Å². The topological polar surface area (TPSA) is 189 Å². The number of rotatable bonds is 10. The quantitative estimate of drug-likeness (QED) is 0.239. The Labute approximate surface area is 376 Å². The molecular weight excluding hydrogens is 815 g/mol. The highest BCUT2D eigenvalue weighted by Crippen LogP contribution is 2.24. The number of nitrogens with zero attached hydrogens (tertiary/aromatic N) is 4. The van der Waals surface area contributed by atoms with Gasteiger partial charge in [-0.15, -0.1) is 0 Å². The van der Waals surface area contributed by atoms with Gasteiger partial charge in [0.25, 0.3) is 0 Å². The Balaban J connectivity index is 1.61. The molecule has 0 unspecified atom stereocenters. The number of fused-ring (bicyclic) bond motifs is 1. The number of phenolic OH excluding ortho intramolecular Hbond substituents is 1. The van der Waals surface area contributed by atoms with Crippen molar-refractivity contribution in [1.29, 1.82) is 0 Å². The molecule has 15 heteroatoms. The highest BCUT2D eigenvalue weighted by molar-refractivity contribution is 5.98. The number of hydrogen-bond donors (Lipinski definition) is 4. The summed E-state index contributed by atoms with van der Waals surface area (Å²) in [5.41, 5.74) is 2.14. The van der Waals surface area contributed by atoms with Crippen LogP contribution in [0.4, 0.5) is 0 Å². The zero-order valence-electron chi connectivity index (χ0n) is 38.2. The molecule has 7 amide bonds. The minimum absolute atomic E-state index is 0.0135. The number of nitrogens with one attached hydrogen (secondary N) is 3. The number of hydrogen-bond acceptors (Lipinski definition) is 8. The Bertz CT molecular complexity index is 2100. The van der Waals surface area contributed by atoms with Crippen molar-refractivity contribution in [3.8, 4) is 5.75 Å². The van der Waals surface area contributed by atoms with E-state index in [2.05, 4.69) is 16.0 Å². The molecule has 2 heterocycles. The van der Waals surface area contributed by atoms with Gasteiger partial charge in [0, 0.05) is 47.0 Å². The van der Waals surface area contributed by atoms with Crippen molar-refractivity contribution in [3.63, 3.8) is 0 Å². The SMILES string of the molecule is CC[C@H](C)[C@@H]1NC(=O)[C@H](Cc2ccc(O)cc2)N(C)C(=O)[C@H](Cc2ccccc2)NC(=O)CN(C)C(=O)[C@@H]2CCCN2C(=O)[C@@H](Cc2ccccc2)N(C)C(=O)[C@H](CC(C)C)NC1=O. The lowest BCUT2D eigenvalue weighted by Gasteiger charge is -2.36. The second-order valence-corrected chi connectivity index (χ2v) is 17.7. The summed E-state index contributed by atoms with van der Waals surface area (Å²) in [7, 11) is 4.47. The van der Waals surface area contributed by atoms with E-state index in [4.69, 9.17) is 0 Å². The van der Waals surface area contributed by atoms with Gasteiger partial charge in [0.05, 0.1) is 6.54 Å². The Morgan fingerprint density at radius 3 is 1.77 bits per heavy atom. The maximum Gasteiger partial charge on any atom is 0.246 e. The molecule has 3 aromatic carbocycles. The number of phenols is 1. The fourth-order valence-electron chi connectivity index (χ4n) is 8.51. The van der Waals surface area contributed by atoms with Gasteiger partial charge in [-0.25, -0.2) is 0 Å². The predicted octanol–water partition coefficient (Wildman–Crippen LogP) is 3.08. The van der Waals surface area contributed by atoms with Crippen LogP contribution >= 0.6 is 0 Å². The first kappa shape index (κ1) is 48.8. The van der Waals surface area contributed by atoms with Gasteiger partial charge in [0.15, 0.2) is 0 Å². The number of carbonyl (C=O) groups is 7. The molecular formula is C49H65N7O8. The highest BCUT2D eigenvalue weighted by Gasteiger charge is 2.43. The molecule has 2 aliphatic heterocycles. The van der Waals surface area contributed by atoms with Crippen molar-refractivity contribution in [2.75, 3.05) is 34.2 Å². The molecule has 7 atom stereocenters. The largest absolute Gasteiger partial charge is 0.508 e. The van der Waals surface area contributed by atoms with Crippen LogP contribution in [-0.4, -0.2) is 137 Å². The smallest absolute Gasteiger partial charge is 0.246 e. The van der Waals surface area contributed by atoms with Gasteiger partial charge < -0.3 is 40.7 Å². The van der Waals surface area contributed by atoms with Crippen LogP contribution in [0.1, 0.15) is 70.1 Å². The monoisotopic (exact) mass is 879 g/mol. The lowest BCUT2D eigenvalue weighted by atomic mass is 9.95. The molecule has 0 aromatic heterocycles. The molecule has 2 aliphatic rings. The number of likely N-dealkylation sites (N-methyl/N-ethyl adjacent to an activating group) is 3. The van der Waals surface area contributed by atoms with Crippen LogP contribution in [0, 0.1) is 11.8 Å². The molecule has 15 nitrogen and oxygen atoms in total. The van der Waals surface area contributed by atoms with Crippen molar-refractivity contribution < 1.29 is 38.7 Å². The van der Waals surface area contributed by atoms with Gasteiger partial charge in [-0.05, 0) is 59.9 Å². The van der Waals surface area contributed by atoms with Crippen LogP contribution in [0.25, 0.3) is 0 Å². The molecule has 0 saturated carbocycles. The van der Waals surface area contributed by atoms with Crippen molar-refractivity contribution in [3.05, 3.63) is 102 Å². The Morgan fingerprint density at radius 2 is 1.17 bits per heavy atom. The molecule has 2 fully saturated rings. The van der Waals surface area contributed by atoms with E-state index in [9.17, 15) is 38.7 Å². The van der Waals surface area contributed by atoms with Crippen LogP contribution in [0.5, 0.6) is 5.75 Å². The summed E-state index contributed by atoms with van der Waals surface area (Å²) in [6.07, 6.45) is 1.75. The number of carbonyl (C=O) groups excluding carboxylic acids is 7. The highest BCUT2D eigenvalue weighted by atomic mass is 16.3. The van der Waals surface area contributed by atoms with E-state index in [-0.39, 0.29) is 43.9 Å². The summed E-state index contributed by atoms with van der Waals surface area (Å²) < 4.78 is 0. The van der Waals surface area contributed by atoms with E-state index in [0.29, 0.717) is 24.8 Å². The summed E-state index contributed by atoms with van der Waals surface area (Å²) in [5.74, 6) is -4.36. The van der Waals surface area contributed by atoms with E-state index < -0.39 is 90.1 Å². The lowest BCUT2D eigenvalue weighted by Crippen LogP contribution is -2.61. The standard InChI is InChI=1S/C49H65N7O8/c1-8-32(4)43-45(60)51-37(26-31(2)3)46(61)55(7)41(29-34-18-13-10-14-19-34)49(64)56-25-15-20-39(56)48(63)53(5)30-42(58)50-38(27-33-16-11-9-12-17-33)47(62)54(6)40(44(59)52-43)28-35-21-23-36(57)24-22-35/h9-14,16-19,21-24,31-32,37-41,43,57H,8,15,20,25-30H2,1-7H3,(H,50,58)(H,51,60)(H,52,59)/t32-,37-,38-,39-,40-,41+,43-/m0/s1. The molecule has 5 rings (SSSR count). The van der Waals surface area contributed by atoms with Crippen molar-refractivity contribution in [2.24, 2.45) is 11.8 Å². The average molecular weight is 880 g/mol. The number of aromatic hydroxyl groups is 1. The third-order valence-electron chi connectivity index (χ3n) is 12.5. The second kappa shape index (κ2) is 22.4. The second-order valence-electron chi connectivity index (χ2n) is 17.7. The Morgan fingerprint density at radius 1 is 0.625 bits per heavy atom. The molecule has 0 aliphatic carbocycles. The summed E-state index contributed by atoms with van der Waals surface area (Å²) in [6.45, 7) is 7.36. The molecule has 0 spiro atoms. The Kier molecular flexibility index (Phi) is 17.1. The molecule has 2 saturated heterocycles. The zero-order chi connectivity index (χ0) is 46.7. The predicted molar refractivity (Wildman–Crippen MR) is 242 cm³/mol. The van der Waals surface area contributed by atoms with E-state index in [1.54, 1.807) is 12.1 Å². The fourth-order valence-corrected chi connectivity index (χ4v) is 8.51. The minimum atomic E-state index is -1.21. The summed E-state index contributed by atoms with van der Waals surface area (Å²) in [4.78, 5) is 107. The van der Waals surface area contributed by atoms with E-state index in [0.717, 1.165) is 11.1 Å². The molecule has 64 heavy (non-hydrogen) atoms. The van der Waals surface area contributed by atoms with Crippen LogP contribution in [0.2, 0.25) is 0 Å². The molecule has 0 radical (unpaired) electrons. The number of amides is 7. The van der Waals surface area contributed by atoms with Gasteiger partial charge in [-0.2, -0.15) is 0 Å². The van der Waals surface area contributed by atoms with Crippen LogP contribution in [-0.2, 0) is 52.8 Å². The maximum atomic E-state index is 14.8. The van der Waals surface area contributed by atoms with Gasteiger partial charge in [-0.1, -0.05) is 107 Å². The third kappa shape index (κ3) is 12.5. The third-order valence-corrected chi connectivity index (χ3v) is 12.5. The van der Waals surface area contributed by atoms with Crippen molar-refractivity contribution in [2.45, 2.75) is 109 Å². The van der Waals surface area contributed by atoms with Gasteiger partial charge in [0.2, 0.25) is 41.4 Å².